The SMILES string of the molecule is CCCCC(=O)Nc1ccc(C(=O)NNC(=S)NC(=O)c2cc(Br)ccc2OCCC)cc1. The Labute approximate surface area is 206 Å². The van der Waals surface area contributed by atoms with Gasteiger partial charge in [0, 0.05) is 22.1 Å². The summed E-state index contributed by atoms with van der Waals surface area (Å²) in [6.45, 7) is 4.46. The topological polar surface area (TPSA) is 109 Å². The molecule has 0 saturated heterocycles. The van der Waals surface area contributed by atoms with Crippen LogP contribution in [-0.2, 0) is 4.79 Å². The average Bonchev–Trinajstić information content (AvgIpc) is 2.80. The Morgan fingerprint density at radius 3 is 2.36 bits per heavy atom. The van der Waals surface area contributed by atoms with Crippen LogP contribution in [0.1, 0.15) is 60.2 Å². The summed E-state index contributed by atoms with van der Waals surface area (Å²) in [5, 5.41) is 5.22. The number of anilines is 1. The van der Waals surface area contributed by atoms with Gasteiger partial charge in [0.25, 0.3) is 11.8 Å². The van der Waals surface area contributed by atoms with Gasteiger partial charge in [0.15, 0.2) is 5.11 Å². The van der Waals surface area contributed by atoms with E-state index in [2.05, 4.69) is 37.4 Å². The molecule has 0 aliphatic carbocycles. The summed E-state index contributed by atoms with van der Waals surface area (Å²) in [6.07, 6.45) is 3.02. The maximum absolute atomic E-state index is 12.6. The summed E-state index contributed by atoms with van der Waals surface area (Å²) in [5.74, 6) is -0.557. The molecular formula is C23H27BrN4O4S. The Kier molecular flexibility index (Phi) is 10.8. The summed E-state index contributed by atoms with van der Waals surface area (Å²) in [5.41, 5.74) is 6.21. The highest BCUT2D eigenvalue weighted by molar-refractivity contribution is 9.10. The minimum atomic E-state index is -0.475. The molecule has 0 aliphatic heterocycles. The van der Waals surface area contributed by atoms with Gasteiger partial charge in [-0.1, -0.05) is 36.2 Å². The molecule has 2 rings (SSSR count). The Hall–Kier alpha value is -2.98. The van der Waals surface area contributed by atoms with Crippen LogP contribution in [-0.4, -0.2) is 29.4 Å². The molecule has 0 bridgehead atoms. The minimum Gasteiger partial charge on any atom is -0.493 e. The summed E-state index contributed by atoms with van der Waals surface area (Å²) in [6, 6.07) is 11.5. The van der Waals surface area contributed by atoms with E-state index in [1.54, 1.807) is 42.5 Å². The second kappa shape index (κ2) is 13.5. The number of ether oxygens (including phenoxy) is 1. The normalized spacial score (nSPS) is 10.2. The van der Waals surface area contributed by atoms with E-state index in [-0.39, 0.29) is 11.0 Å². The molecule has 2 aromatic rings. The number of unbranched alkanes of at least 4 members (excludes halogenated alkanes) is 1. The molecule has 0 aliphatic rings. The van der Waals surface area contributed by atoms with Crippen molar-refractivity contribution in [3.8, 4) is 5.75 Å². The lowest BCUT2D eigenvalue weighted by Crippen LogP contribution is -2.48. The minimum absolute atomic E-state index is 0.0643. The molecule has 33 heavy (non-hydrogen) atoms. The summed E-state index contributed by atoms with van der Waals surface area (Å²) < 4.78 is 6.33. The zero-order chi connectivity index (χ0) is 24.2. The van der Waals surface area contributed by atoms with Crippen LogP contribution in [0.4, 0.5) is 5.69 Å². The van der Waals surface area contributed by atoms with Crippen molar-refractivity contribution in [3.63, 3.8) is 0 Å². The van der Waals surface area contributed by atoms with E-state index >= 15 is 0 Å². The van der Waals surface area contributed by atoms with E-state index in [4.69, 9.17) is 17.0 Å². The molecule has 0 fully saturated rings. The van der Waals surface area contributed by atoms with Gasteiger partial charge >= 0.3 is 0 Å². The van der Waals surface area contributed by atoms with Gasteiger partial charge in [-0.2, -0.15) is 0 Å². The Bertz CT molecular complexity index is 998. The van der Waals surface area contributed by atoms with Crippen molar-refractivity contribution in [1.29, 1.82) is 0 Å². The van der Waals surface area contributed by atoms with Crippen molar-refractivity contribution >= 4 is 56.7 Å². The third-order valence-corrected chi connectivity index (χ3v) is 5.05. The monoisotopic (exact) mass is 534 g/mol. The fraction of sp³-hybridized carbons (Fsp3) is 0.304. The van der Waals surface area contributed by atoms with Crippen LogP contribution in [0.5, 0.6) is 5.75 Å². The van der Waals surface area contributed by atoms with Gasteiger partial charge in [0.1, 0.15) is 5.75 Å². The number of rotatable bonds is 9. The molecule has 3 amide bonds. The molecule has 10 heteroatoms. The molecule has 0 heterocycles. The van der Waals surface area contributed by atoms with Gasteiger partial charge in [-0.3, -0.25) is 30.6 Å². The number of nitrogens with one attached hydrogen (secondary N) is 4. The molecule has 0 aromatic heterocycles. The predicted octanol–water partition coefficient (Wildman–Crippen LogP) is 4.32. The highest BCUT2D eigenvalue weighted by Gasteiger charge is 2.15. The Balaban J connectivity index is 1.88. The van der Waals surface area contributed by atoms with Crippen LogP contribution in [0.25, 0.3) is 0 Å². The summed E-state index contributed by atoms with van der Waals surface area (Å²) >= 11 is 8.45. The van der Waals surface area contributed by atoms with Crippen molar-refractivity contribution in [2.45, 2.75) is 39.5 Å². The van der Waals surface area contributed by atoms with Crippen molar-refractivity contribution in [2.24, 2.45) is 0 Å². The highest BCUT2D eigenvalue weighted by Crippen LogP contribution is 2.23. The Morgan fingerprint density at radius 1 is 0.970 bits per heavy atom. The van der Waals surface area contributed by atoms with Crippen LogP contribution in [0.15, 0.2) is 46.9 Å². The predicted molar refractivity (Wildman–Crippen MR) is 135 cm³/mol. The largest absolute Gasteiger partial charge is 0.493 e. The van der Waals surface area contributed by atoms with Crippen molar-refractivity contribution < 1.29 is 19.1 Å². The second-order valence-corrected chi connectivity index (χ2v) is 8.40. The van der Waals surface area contributed by atoms with Crippen molar-refractivity contribution in [1.82, 2.24) is 16.2 Å². The number of benzene rings is 2. The first-order valence-corrected chi connectivity index (χ1v) is 11.8. The highest BCUT2D eigenvalue weighted by atomic mass is 79.9. The zero-order valence-corrected chi connectivity index (χ0v) is 20.9. The maximum atomic E-state index is 12.6. The number of carbonyl (C=O) groups is 3. The fourth-order valence-corrected chi connectivity index (χ4v) is 3.18. The van der Waals surface area contributed by atoms with Crippen molar-refractivity contribution in [2.75, 3.05) is 11.9 Å². The third kappa shape index (κ3) is 8.82. The lowest BCUT2D eigenvalue weighted by Gasteiger charge is -2.14. The van der Waals surface area contributed by atoms with Gasteiger partial charge in [-0.05, 0) is 67.5 Å². The number of carbonyl (C=O) groups excluding carboxylic acids is 3. The third-order valence-electron chi connectivity index (χ3n) is 4.35. The Morgan fingerprint density at radius 2 is 1.70 bits per heavy atom. The molecule has 0 radical (unpaired) electrons. The van der Waals surface area contributed by atoms with Crippen molar-refractivity contribution in [3.05, 3.63) is 58.1 Å². The van der Waals surface area contributed by atoms with Gasteiger partial charge in [0.05, 0.1) is 12.2 Å². The van der Waals surface area contributed by atoms with Crippen LogP contribution >= 0.6 is 28.1 Å². The lowest BCUT2D eigenvalue weighted by molar-refractivity contribution is -0.116. The van der Waals surface area contributed by atoms with Gasteiger partial charge < -0.3 is 10.1 Å². The molecule has 4 N–H and O–H groups in total. The quantitative estimate of drug-likeness (QED) is 0.282. The maximum Gasteiger partial charge on any atom is 0.269 e. The smallest absolute Gasteiger partial charge is 0.269 e. The first-order valence-electron chi connectivity index (χ1n) is 10.6. The molecule has 0 atom stereocenters. The number of hydrogen-bond donors (Lipinski definition) is 4. The molecule has 0 saturated carbocycles. The van der Waals surface area contributed by atoms with Gasteiger partial charge in [-0.15, -0.1) is 0 Å². The van der Waals surface area contributed by atoms with E-state index in [0.29, 0.717) is 40.1 Å². The fourth-order valence-electron chi connectivity index (χ4n) is 2.67. The average molecular weight is 535 g/mol. The number of amides is 3. The second-order valence-electron chi connectivity index (χ2n) is 7.08. The summed E-state index contributed by atoms with van der Waals surface area (Å²) in [4.78, 5) is 36.7. The number of hydrazine groups is 1. The van der Waals surface area contributed by atoms with E-state index in [9.17, 15) is 14.4 Å². The lowest BCUT2D eigenvalue weighted by atomic mass is 10.2. The molecule has 176 valence electrons. The standard InChI is InChI=1S/C23H27BrN4O4S/c1-3-5-6-20(29)25-17-10-7-15(8-11-17)21(30)27-28-23(33)26-22(31)18-14-16(24)9-12-19(18)32-13-4-2/h7-12,14H,3-6,13H2,1-2H3,(H,25,29)(H,27,30)(H2,26,28,31,33). The van der Waals surface area contributed by atoms with Crippen LogP contribution < -0.4 is 26.2 Å². The van der Waals surface area contributed by atoms with Crippen LogP contribution in [0.2, 0.25) is 0 Å². The van der Waals surface area contributed by atoms with E-state index < -0.39 is 11.8 Å². The number of hydrogen-bond acceptors (Lipinski definition) is 5. The van der Waals surface area contributed by atoms with E-state index in [1.807, 2.05) is 13.8 Å². The molecule has 2 aromatic carbocycles. The first-order chi connectivity index (χ1) is 15.8. The molecule has 0 spiro atoms. The van der Waals surface area contributed by atoms with E-state index in [0.717, 1.165) is 19.3 Å². The van der Waals surface area contributed by atoms with Crippen LogP contribution in [0.3, 0.4) is 0 Å². The molecule has 8 nitrogen and oxygen atoms in total. The van der Waals surface area contributed by atoms with Crippen LogP contribution in [0, 0.1) is 0 Å². The van der Waals surface area contributed by atoms with Gasteiger partial charge in [0.2, 0.25) is 5.91 Å². The summed E-state index contributed by atoms with van der Waals surface area (Å²) in [7, 11) is 0. The number of halogens is 1. The molecular weight excluding hydrogens is 508 g/mol. The van der Waals surface area contributed by atoms with Gasteiger partial charge in [-0.25, -0.2) is 0 Å². The van der Waals surface area contributed by atoms with E-state index in [1.165, 1.54) is 0 Å². The zero-order valence-electron chi connectivity index (χ0n) is 18.5. The molecule has 0 unspecified atom stereocenters. The number of thiocarbonyl (C=S) groups is 1. The first kappa shape index (κ1) is 26.3.